The largest absolute Gasteiger partial charge is 0.155 e. The molecule has 1 aromatic rings. The molecule has 1 saturated heterocycles. The van der Waals surface area contributed by atoms with Gasteiger partial charge in [0.1, 0.15) is 10.5 Å². The third kappa shape index (κ3) is 1.75. The second-order valence-electron chi connectivity index (χ2n) is 7.27. The highest BCUT2D eigenvalue weighted by Crippen LogP contribution is 2.61. The predicted molar refractivity (Wildman–Crippen MR) is 88.2 cm³/mol. The van der Waals surface area contributed by atoms with E-state index in [4.69, 9.17) is 0 Å². The molecule has 2 bridgehead atoms. The van der Waals surface area contributed by atoms with E-state index in [0.29, 0.717) is 10.9 Å². The van der Waals surface area contributed by atoms with Gasteiger partial charge < -0.3 is 0 Å². The van der Waals surface area contributed by atoms with Crippen molar-refractivity contribution in [2.45, 2.75) is 61.8 Å². The minimum absolute atomic E-state index is 0.499. The van der Waals surface area contributed by atoms with Crippen LogP contribution >= 0.6 is 0 Å². The molecule has 3 aliphatic rings. The summed E-state index contributed by atoms with van der Waals surface area (Å²) in [5.74, 6) is 4.26. The van der Waals surface area contributed by atoms with E-state index in [-0.39, 0.29) is 0 Å². The molecule has 0 spiro atoms. The molecule has 0 N–H and O–H groups in total. The van der Waals surface area contributed by atoms with Crippen molar-refractivity contribution in [2.75, 3.05) is 0 Å². The van der Waals surface area contributed by atoms with Gasteiger partial charge in [0.2, 0.25) is 0 Å². The molecule has 1 heterocycles. The van der Waals surface area contributed by atoms with Gasteiger partial charge in [-0.2, -0.15) is 0 Å². The summed E-state index contributed by atoms with van der Waals surface area (Å²) in [4.78, 5) is 1.65. The summed E-state index contributed by atoms with van der Waals surface area (Å²) in [6.07, 6.45) is 5.80. The highest BCUT2D eigenvalue weighted by atomic mass is 32.2. The van der Waals surface area contributed by atoms with E-state index in [1.807, 2.05) is 0 Å². The molecule has 20 heavy (non-hydrogen) atoms. The van der Waals surface area contributed by atoms with Crippen LogP contribution < -0.4 is 0 Å². The zero-order valence-corrected chi connectivity index (χ0v) is 13.8. The maximum atomic E-state index is 2.57. The Kier molecular flexibility index (Phi) is 3.18. The first-order valence-corrected chi connectivity index (χ1v) is 9.86. The van der Waals surface area contributed by atoms with E-state index in [1.165, 1.54) is 18.4 Å². The fourth-order valence-corrected chi connectivity index (χ4v) is 9.23. The minimum Gasteiger partial charge on any atom is -0.0613 e. The van der Waals surface area contributed by atoms with Gasteiger partial charge in [0.15, 0.2) is 4.90 Å². The lowest BCUT2D eigenvalue weighted by molar-refractivity contribution is 0.237. The summed E-state index contributed by atoms with van der Waals surface area (Å²) in [5.41, 5.74) is 1.48. The van der Waals surface area contributed by atoms with Crippen molar-refractivity contribution in [3.8, 4) is 0 Å². The number of hydrogen-bond donors (Lipinski definition) is 0. The van der Waals surface area contributed by atoms with Crippen LogP contribution in [-0.2, 0) is 17.3 Å². The van der Waals surface area contributed by atoms with E-state index in [0.717, 1.165) is 40.6 Å². The summed E-state index contributed by atoms with van der Waals surface area (Å²) in [7, 11) is 0.499. The van der Waals surface area contributed by atoms with Crippen molar-refractivity contribution in [1.29, 1.82) is 0 Å². The Bertz CT molecular complexity index is 469. The highest BCUT2D eigenvalue weighted by Gasteiger charge is 2.64. The van der Waals surface area contributed by atoms with Crippen molar-refractivity contribution in [3.05, 3.63) is 29.8 Å². The van der Waals surface area contributed by atoms with Gasteiger partial charge in [0.25, 0.3) is 0 Å². The average molecular weight is 287 g/mol. The normalized spacial score (nSPS) is 45.9. The molecule has 4 rings (SSSR count). The second kappa shape index (κ2) is 4.80. The zero-order valence-electron chi connectivity index (χ0n) is 13.0. The van der Waals surface area contributed by atoms with Gasteiger partial charge in [-0.05, 0) is 69.1 Å². The molecule has 3 fully saturated rings. The first kappa shape index (κ1) is 13.2. The third-order valence-corrected chi connectivity index (χ3v) is 9.58. The van der Waals surface area contributed by atoms with Gasteiger partial charge in [0, 0.05) is 22.7 Å². The van der Waals surface area contributed by atoms with E-state index in [9.17, 15) is 0 Å². The second-order valence-corrected chi connectivity index (χ2v) is 9.97. The summed E-state index contributed by atoms with van der Waals surface area (Å²) < 4.78 is 0. The molecule has 2 aliphatic carbocycles. The lowest BCUT2D eigenvalue weighted by Crippen LogP contribution is -2.26. The van der Waals surface area contributed by atoms with Crippen LogP contribution in [0.3, 0.4) is 0 Å². The van der Waals surface area contributed by atoms with Gasteiger partial charge in [-0.1, -0.05) is 19.1 Å². The van der Waals surface area contributed by atoms with Crippen LogP contribution in [0.1, 0.15) is 45.6 Å². The van der Waals surface area contributed by atoms with Crippen LogP contribution in [0.25, 0.3) is 0 Å². The number of aryl methyl sites for hydroxylation is 1. The molecular weight excluding hydrogens is 260 g/mol. The maximum absolute atomic E-state index is 2.57. The molecule has 108 valence electrons. The number of fused-ring (bicyclic) bond motifs is 5. The molecule has 0 amide bonds. The maximum Gasteiger partial charge on any atom is 0.155 e. The van der Waals surface area contributed by atoms with E-state index in [2.05, 4.69) is 45.0 Å². The lowest BCUT2D eigenvalue weighted by Gasteiger charge is -2.24. The van der Waals surface area contributed by atoms with Crippen LogP contribution in [0.15, 0.2) is 29.2 Å². The fourth-order valence-electron chi connectivity index (χ4n) is 5.76. The molecule has 2 saturated carbocycles. The molecule has 6 atom stereocenters. The number of hydrogen-bond acceptors (Lipinski definition) is 0. The van der Waals surface area contributed by atoms with Gasteiger partial charge in [-0.25, -0.2) is 0 Å². The van der Waals surface area contributed by atoms with Crippen molar-refractivity contribution in [2.24, 2.45) is 23.7 Å². The Labute approximate surface area is 126 Å². The van der Waals surface area contributed by atoms with Crippen molar-refractivity contribution in [1.82, 2.24) is 0 Å². The van der Waals surface area contributed by atoms with Crippen LogP contribution in [0.4, 0.5) is 0 Å². The molecule has 0 nitrogen and oxygen atoms in total. The van der Waals surface area contributed by atoms with Crippen LogP contribution in [0.5, 0.6) is 0 Å². The van der Waals surface area contributed by atoms with Crippen molar-refractivity contribution < 1.29 is 0 Å². The van der Waals surface area contributed by atoms with E-state index in [1.54, 1.807) is 11.3 Å². The van der Waals surface area contributed by atoms with Gasteiger partial charge in [-0.3, -0.25) is 0 Å². The number of benzene rings is 1. The Morgan fingerprint density at radius 3 is 2.00 bits per heavy atom. The van der Waals surface area contributed by atoms with Crippen molar-refractivity contribution in [3.63, 3.8) is 0 Å². The van der Waals surface area contributed by atoms with Crippen LogP contribution in [0.2, 0.25) is 0 Å². The Balaban J connectivity index is 1.65. The predicted octanol–water partition coefficient (Wildman–Crippen LogP) is 4.68. The van der Waals surface area contributed by atoms with Crippen LogP contribution in [-0.4, -0.2) is 10.5 Å². The smallest absolute Gasteiger partial charge is 0.0613 e. The standard InChI is InChI=1S/C19H27S/c1-4-14-5-9-17(10-6-14)20-12(2)18-15-7-8-16(11-15)19(18)13(20)3/h5-6,9-10,12-13,15-16,18-19H,4,7-8,11H2,1-3H3/q+1. The summed E-state index contributed by atoms with van der Waals surface area (Å²) in [6.45, 7) is 7.39. The van der Waals surface area contributed by atoms with Gasteiger partial charge in [0.05, 0.1) is 0 Å². The zero-order chi connectivity index (χ0) is 13.9. The summed E-state index contributed by atoms with van der Waals surface area (Å²) in [6, 6.07) is 9.62. The lowest BCUT2D eigenvalue weighted by atomic mass is 9.77. The fraction of sp³-hybridized carbons (Fsp3) is 0.684. The summed E-state index contributed by atoms with van der Waals surface area (Å²) in [5, 5.41) is 1.86. The minimum atomic E-state index is 0.499. The van der Waals surface area contributed by atoms with Crippen molar-refractivity contribution >= 4 is 10.9 Å². The molecule has 1 aliphatic heterocycles. The Morgan fingerprint density at radius 1 is 0.950 bits per heavy atom. The number of rotatable bonds is 2. The molecule has 6 unspecified atom stereocenters. The molecule has 1 heteroatoms. The van der Waals surface area contributed by atoms with Gasteiger partial charge >= 0.3 is 0 Å². The first-order valence-electron chi connectivity index (χ1n) is 8.51. The SMILES string of the molecule is CCc1ccc([S+]2C(C)C3C4CCC(C4)C3C2C)cc1. The molecule has 0 radical (unpaired) electrons. The Morgan fingerprint density at radius 2 is 1.50 bits per heavy atom. The quantitative estimate of drug-likeness (QED) is 0.693. The molecule has 0 aromatic heterocycles. The topological polar surface area (TPSA) is 0 Å². The monoisotopic (exact) mass is 287 g/mol. The van der Waals surface area contributed by atoms with Gasteiger partial charge in [-0.15, -0.1) is 0 Å². The third-order valence-electron chi connectivity index (χ3n) is 6.54. The first-order chi connectivity index (χ1) is 9.70. The van der Waals surface area contributed by atoms with E-state index >= 15 is 0 Å². The summed E-state index contributed by atoms with van der Waals surface area (Å²) >= 11 is 0. The van der Waals surface area contributed by atoms with E-state index < -0.39 is 0 Å². The highest BCUT2D eigenvalue weighted by molar-refractivity contribution is 7.98. The average Bonchev–Trinajstić information content (AvgIpc) is 3.14. The van der Waals surface area contributed by atoms with Crippen LogP contribution in [0, 0.1) is 23.7 Å². The molecule has 1 aromatic carbocycles. The Hall–Kier alpha value is -0.430. The molecular formula is C19H27S+.